The molecule has 0 aliphatic rings. The maximum Gasteiger partial charge on any atom is 0.472 e. The van der Waals surface area contributed by atoms with Crippen LogP contribution in [0.15, 0.2) is 0 Å². The Kier molecular flexibility index (Phi) is 33.2. The topological polar surface area (TPSA) is 108 Å². The molecule has 1 N–H and O–H groups in total. The first kappa shape index (κ1) is 45.0. The van der Waals surface area contributed by atoms with Crippen molar-refractivity contribution < 1.29 is 37.6 Å². The van der Waals surface area contributed by atoms with E-state index in [0.717, 1.165) is 32.1 Å². The van der Waals surface area contributed by atoms with Gasteiger partial charge in [0.25, 0.3) is 0 Å². The molecule has 0 aromatic rings. The van der Waals surface area contributed by atoms with Crippen molar-refractivity contribution in [1.29, 1.82) is 0 Å². The van der Waals surface area contributed by atoms with E-state index in [1.807, 2.05) is 0 Å². The quantitative estimate of drug-likeness (QED) is 0.0397. The minimum Gasteiger partial charge on any atom is -0.462 e. The molecule has 0 saturated carbocycles. The van der Waals surface area contributed by atoms with E-state index >= 15 is 0 Å². The maximum atomic E-state index is 12.5. The number of phosphoric ester groups is 1. The molecule has 1 radical (unpaired) electrons. The molecule has 0 aliphatic carbocycles. The van der Waals surface area contributed by atoms with Crippen molar-refractivity contribution >= 4 is 19.8 Å². The van der Waals surface area contributed by atoms with Gasteiger partial charge in [0.05, 0.1) is 13.2 Å². The molecule has 2 atom stereocenters. The van der Waals surface area contributed by atoms with Crippen LogP contribution in [0.25, 0.3) is 0 Å². The van der Waals surface area contributed by atoms with Gasteiger partial charge in [-0.1, -0.05) is 168 Å². The highest BCUT2D eigenvalue weighted by Crippen LogP contribution is 2.43. The summed E-state index contributed by atoms with van der Waals surface area (Å²) in [4.78, 5) is 34.5. The zero-order valence-corrected chi connectivity index (χ0v) is 30.9. The molecule has 0 fully saturated rings. The van der Waals surface area contributed by atoms with Crippen molar-refractivity contribution in [2.24, 2.45) is 0 Å². The lowest BCUT2D eigenvalue weighted by Crippen LogP contribution is -2.29. The first-order chi connectivity index (χ1) is 22.3. The summed E-state index contributed by atoms with van der Waals surface area (Å²) in [5, 5.41) is 0. The van der Waals surface area contributed by atoms with E-state index in [4.69, 9.17) is 14.0 Å². The van der Waals surface area contributed by atoms with E-state index in [2.05, 4.69) is 25.3 Å². The molecule has 0 spiro atoms. The minimum absolute atomic E-state index is 0.230. The third kappa shape index (κ3) is 33.0. The van der Waals surface area contributed by atoms with Gasteiger partial charge in [-0.05, 0) is 19.8 Å². The molecule has 0 rings (SSSR count). The Hall–Kier alpha value is -0.950. The highest BCUT2D eigenvalue weighted by molar-refractivity contribution is 7.47. The van der Waals surface area contributed by atoms with Crippen molar-refractivity contribution in [1.82, 2.24) is 0 Å². The monoisotopic (exact) mass is 675 g/mol. The lowest BCUT2D eigenvalue weighted by Gasteiger charge is -2.19. The van der Waals surface area contributed by atoms with Gasteiger partial charge >= 0.3 is 19.8 Å². The summed E-state index contributed by atoms with van der Waals surface area (Å²) < 4.78 is 32.3. The van der Waals surface area contributed by atoms with Crippen molar-refractivity contribution in [2.75, 3.05) is 19.8 Å². The molecular formula is C37H72O8P. The Morgan fingerprint density at radius 2 is 0.891 bits per heavy atom. The van der Waals surface area contributed by atoms with Gasteiger partial charge in [-0.15, -0.1) is 0 Å². The van der Waals surface area contributed by atoms with Crippen molar-refractivity contribution in [3.05, 3.63) is 6.92 Å². The first-order valence-electron chi connectivity index (χ1n) is 19.1. The van der Waals surface area contributed by atoms with Crippen LogP contribution in [0.5, 0.6) is 0 Å². The van der Waals surface area contributed by atoms with Gasteiger partial charge < -0.3 is 14.4 Å². The van der Waals surface area contributed by atoms with Crippen LogP contribution in [0.4, 0.5) is 0 Å². The average molecular weight is 676 g/mol. The number of carbonyl (C=O) groups excluding carboxylic acids is 2. The Morgan fingerprint density at radius 1 is 0.543 bits per heavy atom. The van der Waals surface area contributed by atoms with Gasteiger partial charge in [0, 0.05) is 12.8 Å². The summed E-state index contributed by atoms with van der Waals surface area (Å²) in [6.07, 6.45) is 31.3. The molecule has 0 amide bonds. The summed E-state index contributed by atoms with van der Waals surface area (Å²) in [5.74, 6) is -0.808. The zero-order valence-electron chi connectivity index (χ0n) is 30.0. The van der Waals surface area contributed by atoms with E-state index in [-0.39, 0.29) is 25.6 Å². The molecule has 0 aliphatic heterocycles. The second kappa shape index (κ2) is 33.9. The number of hydrogen-bond acceptors (Lipinski definition) is 7. The molecule has 0 aromatic heterocycles. The summed E-state index contributed by atoms with van der Waals surface area (Å²) >= 11 is 0. The Morgan fingerprint density at radius 3 is 1.26 bits per heavy atom. The van der Waals surface area contributed by atoms with Crippen LogP contribution < -0.4 is 0 Å². The molecule has 9 heteroatoms. The summed E-state index contributed by atoms with van der Waals surface area (Å²) in [6, 6.07) is 0. The van der Waals surface area contributed by atoms with E-state index in [0.29, 0.717) is 12.8 Å². The second-order valence-corrected chi connectivity index (χ2v) is 14.3. The molecule has 1 unspecified atom stereocenters. The Labute approximate surface area is 283 Å². The Bertz CT molecular complexity index is 732. The second-order valence-electron chi connectivity index (χ2n) is 12.9. The van der Waals surface area contributed by atoms with E-state index < -0.39 is 26.5 Å². The van der Waals surface area contributed by atoms with Gasteiger partial charge in [0.2, 0.25) is 0 Å². The molecule has 0 aromatic carbocycles. The van der Waals surface area contributed by atoms with Crippen molar-refractivity contribution in [3.8, 4) is 0 Å². The zero-order chi connectivity index (χ0) is 34.0. The average Bonchev–Trinajstić information content (AvgIpc) is 3.03. The maximum absolute atomic E-state index is 12.5. The number of phosphoric acid groups is 1. The standard InChI is InChI=1S/C37H72O8P/c1-4-7-9-11-13-15-17-19-21-23-25-27-29-31-36(38)42-33-35(34-44-46(40,41)43-6-3)45-37(39)32-30-28-26-24-22-20-18-16-14-12-10-8-5-2/h35H,3-34H2,1-2H3,(H,40,41)/t35-/m1/s1. The number of unbranched alkanes of at least 4 members (excludes halogenated alkanes) is 24. The van der Waals surface area contributed by atoms with Crippen LogP contribution in [-0.2, 0) is 32.7 Å². The molecular weight excluding hydrogens is 603 g/mol. The molecule has 273 valence electrons. The number of hydrogen-bond donors (Lipinski definition) is 1. The molecule has 46 heavy (non-hydrogen) atoms. The molecule has 0 heterocycles. The van der Waals surface area contributed by atoms with Crippen LogP contribution >= 0.6 is 7.82 Å². The number of rotatable bonds is 36. The normalized spacial score (nSPS) is 13.4. The van der Waals surface area contributed by atoms with Crippen LogP contribution in [0, 0.1) is 6.92 Å². The van der Waals surface area contributed by atoms with Crippen LogP contribution in [0.3, 0.4) is 0 Å². The third-order valence-corrected chi connectivity index (χ3v) is 9.36. The van der Waals surface area contributed by atoms with E-state index in [1.54, 1.807) is 0 Å². The largest absolute Gasteiger partial charge is 0.472 e. The van der Waals surface area contributed by atoms with Crippen molar-refractivity contribution in [3.63, 3.8) is 0 Å². The third-order valence-electron chi connectivity index (χ3n) is 8.38. The molecule has 0 saturated heterocycles. The fraction of sp³-hybridized carbons (Fsp3) is 0.919. The van der Waals surface area contributed by atoms with Gasteiger partial charge in [0.15, 0.2) is 6.10 Å². The fourth-order valence-corrected chi connectivity index (χ4v) is 6.18. The Balaban J connectivity index is 4.11. The minimum atomic E-state index is -4.33. The van der Waals surface area contributed by atoms with Crippen LogP contribution in [-0.4, -0.2) is 42.8 Å². The van der Waals surface area contributed by atoms with Crippen LogP contribution in [0.1, 0.15) is 194 Å². The van der Waals surface area contributed by atoms with E-state index in [1.165, 1.54) is 128 Å². The highest BCUT2D eigenvalue weighted by Gasteiger charge is 2.25. The number of carbonyl (C=O) groups is 2. The molecule has 8 nitrogen and oxygen atoms in total. The van der Waals surface area contributed by atoms with Crippen LogP contribution in [0.2, 0.25) is 0 Å². The van der Waals surface area contributed by atoms with E-state index in [9.17, 15) is 19.0 Å². The predicted molar refractivity (Wildman–Crippen MR) is 189 cm³/mol. The SMILES string of the molecule is [CH2]COP(=O)(O)OC[C@@H](COC(=O)CCCCCCCCCCCCCCC)OC(=O)CCCCCCCCCCCCCCC. The van der Waals surface area contributed by atoms with Gasteiger partial charge in [-0.2, -0.15) is 0 Å². The number of esters is 2. The lowest BCUT2D eigenvalue weighted by atomic mass is 10.0. The van der Waals surface area contributed by atoms with Crippen molar-refractivity contribution in [2.45, 2.75) is 200 Å². The van der Waals surface area contributed by atoms with Gasteiger partial charge in [0.1, 0.15) is 6.61 Å². The number of ether oxygens (including phenoxy) is 2. The van der Waals surface area contributed by atoms with Gasteiger partial charge in [-0.3, -0.25) is 18.6 Å². The highest BCUT2D eigenvalue weighted by atomic mass is 31.2. The van der Waals surface area contributed by atoms with Gasteiger partial charge in [-0.25, -0.2) is 4.57 Å². The summed E-state index contributed by atoms with van der Waals surface area (Å²) in [6.45, 7) is 6.98. The summed E-state index contributed by atoms with van der Waals surface area (Å²) in [5.41, 5.74) is 0. The summed E-state index contributed by atoms with van der Waals surface area (Å²) in [7, 11) is -4.33. The first-order valence-corrected chi connectivity index (χ1v) is 20.6. The molecule has 0 bridgehead atoms. The predicted octanol–water partition coefficient (Wildman–Crippen LogP) is 11.4. The smallest absolute Gasteiger partial charge is 0.462 e. The lowest BCUT2D eigenvalue weighted by molar-refractivity contribution is -0.161. The fourth-order valence-electron chi connectivity index (χ4n) is 5.52.